The van der Waals surface area contributed by atoms with Crippen molar-refractivity contribution < 1.29 is 0 Å². The van der Waals surface area contributed by atoms with Crippen LogP contribution in [0.5, 0.6) is 0 Å². The highest BCUT2D eigenvalue weighted by Gasteiger charge is 1.55. The number of rotatable bonds is 0. The quantitative estimate of drug-likeness (QED) is 0.342. The van der Waals surface area contributed by atoms with E-state index in [2.05, 4.69) is 11.6 Å². The van der Waals surface area contributed by atoms with Crippen LogP contribution < -0.4 is 5.73 Å². The molecule has 0 aromatic heterocycles. The van der Waals surface area contributed by atoms with Crippen LogP contribution in [0.2, 0.25) is 0 Å². The van der Waals surface area contributed by atoms with Gasteiger partial charge in [0.05, 0.1) is 6.54 Å². The monoisotopic (exact) mass is 101 g/mol. The minimum Gasteiger partial charge on any atom is -0.320 e. The van der Waals surface area contributed by atoms with E-state index in [1.54, 1.807) is 0 Å². The van der Waals surface area contributed by atoms with Crippen LogP contribution in [0, 0.1) is 11.6 Å². The maximum atomic E-state index is 5.05. The molecule has 0 radical (unpaired) electrons. The molecule has 1 nitrogen and oxygen atoms in total. The second-order valence-electron chi connectivity index (χ2n) is 0.756. The van der Waals surface area contributed by atoms with Crippen molar-refractivity contribution in [2.45, 2.75) is 0 Å². The second-order valence-corrected chi connectivity index (χ2v) is 1.51. The summed E-state index contributed by atoms with van der Waals surface area (Å²) in [5.74, 6) is 2.74. The lowest BCUT2D eigenvalue weighted by molar-refractivity contribution is 1.30. The van der Waals surface area contributed by atoms with E-state index < -0.39 is 0 Å². The van der Waals surface area contributed by atoms with Gasteiger partial charge in [-0.3, -0.25) is 0 Å². The molecule has 0 spiro atoms. The van der Waals surface area contributed by atoms with Crippen molar-refractivity contribution in [2.75, 3.05) is 13.2 Å². The molecule has 0 saturated heterocycles. The fourth-order valence-corrected chi connectivity index (χ4v) is 0.418. The van der Waals surface area contributed by atoms with Crippen LogP contribution in [0.3, 0.4) is 0 Å². The Morgan fingerprint density at radius 3 is 2.67 bits per heavy atom. The van der Waals surface area contributed by atoms with Crippen molar-refractivity contribution >= 4 is 8.58 Å². The van der Waals surface area contributed by atoms with Crippen LogP contribution in [-0.4, -0.2) is 13.2 Å². The van der Waals surface area contributed by atoms with Gasteiger partial charge in [0, 0.05) is 0 Å². The summed E-state index contributed by atoms with van der Waals surface area (Å²) in [6, 6.07) is 0. The first-order chi connectivity index (χ1) is 2.91. The largest absolute Gasteiger partial charge is 0.320 e. The summed E-state index contributed by atoms with van der Waals surface area (Å²) < 4.78 is 0. The molecular formula is C4H8NP. The summed E-state index contributed by atoms with van der Waals surface area (Å²) in [5, 5.41) is 0. The van der Waals surface area contributed by atoms with Crippen molar-refractivity contribution in [2.24, 2.45) is 5.73 Å². The average molecular weight is 101 g/mol. The highest BCUT2D eigenvalue weighted by atomic mass is 31.1. The fraction of sp³-hybridized carbons (Fsp3) is 0.500. The Bertz CT molecular complexity index is 61.4. The Balaban J connectivity index is 2.90. The lowest BCUT2D eigenvalue weighted by atomic mass is 10.7. The average Bonchev–Trinajstić information content (AvgIpc) is 1.61. The van der Waals surface area contributed by atoms with Gasteiger partial charge in [0.25, 0.3) is 0 Å². The van der Waals surface area contributed by atoms with E-state index in [0.717, 1.165) is 8.58 Å². The second kappa shape index (κ2) is 4.95. The topological polar surface area (TPSA) is 26.0 Å². The van der Waals surface area contributed by atoms with E-state index in [1.165, 1.54) is 0 Å². The van der Waals surface area contributed by atoms with Crippen molar-refractivity contribution in [3.63, 3.8) is 0 Å². The summed E-state index contributed by atoms with van der Waals surface area (Å²) in [4.78, 5) is 0. The molecule has 0 saturated carbocycles. The summed E-state index contributed by atoms with van der Waals surface area (Å²) >= 11 is 0. The van der Waals surface area contributed by atoms with Gasteiger partial charge in [-0.25, -0.2) is 0 Å². The zero-order valence-corrected chi connectivity index (χ0v) is 4.78. The molecule has 2 heteroatoms. The zero-order valence-electron chi connectivity index (χ0n) is 3.78. The first-order valence-electron chi connectivity index (χ1n) is 1.76. The molecule has 0 fully saturated rings. The molecule has 0 amide bonds. The molecule has 0 aromatic rings. The number of hydrogen-bond acceptors (Lipinski definition) is 1. The maximum absolute atomic E-state index is 5.05. The molecule has 1 atom stereocenters. The summed E-state index contributed by atoms with van der Waals surface area (Å²) in [5.41, 5.74) is 7.90. The van der Waals surface area contributed by atoms with E-state index in [0.29, 0.717) is 6.54 Å². The molecule has 2 N–H and O–H groups in total. The molecule has 0 aliphatic heterocycles. The van der Waals surface area contributed by atoms with Crippen LogP contribution in [0.1, 0.15) is 0 Å². The normalized spacial score (nSPS) is 8.33. The van der Waals surface area contributed by atoms with Crippen LogP contribution in [0.4, 0.5) is 0 Å². The van der Waals surface area contributed by atoms with Gasteiger partial charge < -0.3 is 5.73 Å². The van der Waals surface area contributed by atoms with Crippen LogP contribution in [0.15, 0.2) is 0 Å². The Labute approximate surface area is 40.1 Å². The third kappa shape index (κ3) is 3.95. The lowest BCUT2D eigenvalue weighted by Gasteiger charge is -1.67. The van der Waals surface area contributed by atoms with Gasteiger partial charge in [0.15, 0.2) is 0 Å². The molecule has 6 heavy (non-hydrogen) atoms. The van der Waals surface area contributed by atoms with Gasteiger partial charge in [0.2, 0.25) is 0 Å². The Morgan fingerprint density at radius 1 is 1.83 bits per heavy atom. The number of hydrogen-bond donors (Lipinski definition) is 1. The van der Waals surface area contributed by atoms with E-state index in [1.807, 2.05) is 6.66 Å². The third-order valence-electron chi connectivity index (χ3n) is 0.315. The van der Waals surface area contributed by atoms with Crippen molar-refractivity contribution in [1.29, 1.82) is 0 Å². The standard InChI is InChI=1S/C4H8NP/c1-6-4-2-3-5/h6H,3,5H2,1H3. The molecule has 1 unspecified atom stereocenters. The van der Waals surface area contributed by atoms with Crippen molar-refractivity contribution in [3.05, 3.63) is 0 Å². The summed E-state index contributed by atoms with van der Waals surface area (Å²) in [6.45, 7) is 2.53. The minimum absolute atomic E-state index is 0.501. The third-order valence-corrected chi connectivity index (χ3v) is 0.742. The summed E-state index contributed by atoms with van der Waals surface area (Å²) in [6.07, 6.45) is 0. The van der Waals surface area contributed by atoms with E-state index >= 15 is 0 Å². The predicted octanol–water partition coefficient (Wildman–Crippen LogP) is 0.214. The summed E-state index contributed by atoms with van der Waals surface area (Å²) in [7, 11) is 0.723. The number of nitrogens with two attached hydrogens (primary N) is 1. The SMILES string of the molecule is CPC#CCN. The van der Waals surface area contributed by atoms with Crippen molar-refractivity contribution in [1.82, 2.24) is 0 Å². The fourth-order valence-electron chi connectivity index (χ4n) is 0.139. The van der Waals surface area contributed by atoms with Crippen molar-refractivity contribution in [3.8, 4) is 11.6 Å². The first kappa shape index (κ1) is 5.95. The predicted molar refractivity (Wildman–Crippen MR) is 31.1 cm³/mol. The van der Waals surface area contributed by atoms with E-state index in [4.69, 9.17) is 5.73 Å². The Kier molecular flexibility index (Phi) is 4.91. The zero-order chi connectivity index (χ0) is 4.83. The van der Waals surface area contributed by atoms with Gasteiger partial charge in [-0.15, -0.1) is 0 Å². The molecule has 0 rings (SSSR count). The lowest BCUT2D eigenvalue weighted by Crippen LogP contribution is -1.91. The van der Waals surface area contributed by atoms with Crippen LogP contribution in [-0.2, 0) is 0 Å². The molecular weight excluding hydrogens is 93.0 g/mol. The smallest absolute Gasteiger partial charge is 0.0554 e. The Hall–Kier alpha value is -0.0500. The van der Waals surface area contributed by atoms with Gasteiger partial charge in [-0.2, -0.15) is 0 Å². The highest BCUT2D eigenvalue weighted by Crippen LogP contribution is 1.93. The molecule has 0 heterocycles. The van der Waals surface area contributed by atoms with Gasteiger partial charge >= 0.3 is 0 Å². The van der Waals surface area contributed by atoms with Gasteiger partial charge in [-0.05, 0) is 15.2 Å². The highest BCUT2D eigenvalue weighted by molar-refractivity contribution is 7.43. The van der Waals surface area contributed by atoms with Gasteiger partial charge in [-0.1, -0.05) is 11.6 Å². The van der Waals surface area contributed by atoms with Crippen LogP contribution >= 0.6 is 8.58 Å². The van der Waals surface area contributed by atoms with E-state index in [9.17, 15) is 0 Å². The Morgan fingerprint density at radius 2 is 2.50 bits per heavy atom. The minimum atomic E-state index is 0.501. The molecule has 0 aromatic carbocycles. The van der Waals surface area contributed by atoms with E-state index in [-0.39, 0.29) is 0 Å². The first-order valence-corrected chi connectivity index (χ1v) is 3.26. The molecule has 34 valence electrons. The van der Waals surface area contributed by atoms with Gasteiger partial charge in [0.1, 0.15) is 0 Å². The molecule has 0 bridgehead atoms. The maximum Gasteiger partial charge on any atom is 0.0554 e. The molecule has 0 aliphatic carbocycles. The van der Waals surface area contributed by atoms with Crippen LogP contribution in [0.25, 0.3) is 0 Å². The molecule has 0 aliphatic rings.